The first-order chi connectivity index (χ1) is 12.7. The van der Waals surface area contributed by atoms with E-state index in [2.05, 4.69) is 29.7 Å². The minimum Gasteiger partial charge on any atom is -0.444 e. The number of aliphatic hydroxyl groups excluding tert-OH is 1. The Labute approximate surface area is 160 Å². The van der Waals surface area contributed by atoms with Crippen molar-refractivity contribution in [3.05, 3.63) is 29.6 Å². The van der Waals surface area contributed by atoms with Crippen LogP contribution in [0.5, 0.6) is 0 Å². The van der Waals surface area contributed by atoms with Crippen molar-refractivity contribution in [2.45, 2.75) is 70.6 Å². The molecule has 1 N–H and O–H groups in total. The van der Waals surface area contributed by atoms with E-state index >= 15 is 0 Å². The maximum absolute atomic E-state index is 12.4. The highest BCUT2D eigenvalue weighted by atomic mass is 16.6. The number of fused-ring (bicyclic) bond motifs is 1. The quantitative estimate of drug-likeness (QED) is 0.873. The number of benzene rings is 1. The Morgan fingerprint density at radius 2 is 2.00 bits per heavy atom. The molecule has 0 unspecified atom stereocenters. The Kier molecular flexibility index (Phi) is 4.41. The average Bonchev–Trinajstić information content (AvgIpc) is 3.35. The van der Waals surface area contributed by atoms with Gasteiger partial charge in [0, 0.05) is 12.5 Å². The lowest BCUT2D eigenvalue weighted by Crippen LogP contribution is -2.48. The number of aryl methyl sites for hydroxylation is 1. The molecular formula is C21H29N3O3. The highest BCUT2D eigenvalue weighted by Gasteiger charge is 2.38. The summed E-state index contributed by atoms with van der Waals surface area (Å²) in [5, 5.41) is 10.9. The van der Waals surface area contributed by atoms with Crippen molar-refractivity contribution in [1.29, 1.82) is 0 Å². The van der Waals surface area contributed by atoms with Gasteiger partial charge in [0.25, 0.3) is 0 Å². The second-order valence-corrected chi connectivity index (χ2v) is 8.96. The van der Waals surface area contributed by atoms with Gasteiger partial charge in [-0.25, -0.2) is 9.78 Å². The van der Waals surface area contributed by atoms with Gasteiger partial charge in [0.05, 0.1) is 29.7 Å². The van der Waals surface area contributed by atoms with E-state index in [9.17, 15) is 9.90 Å². The zero-order valence-electron chi connectivity index (χ0n) is 16.6. The summed E-state index contributed by atoms with van der Waals surface area (Å²) in [4.78, 5) is 18.9. The number of imidazole rings is 1. The number of carbonyl (C=O) groups excluding carboxylic acids is 1. The summed E-state index contributed by atoms with van der Waals surface area (Å²) in [6, 6.07) is 6.25. The topological polar surface area (TPSA) is 67.6 Å². The first-order valence-electron chi connectivity index (χ1n) is 9.87. The molecule has 2 fully saturated rings. The molecule has 2 heterocycles. The number of piperidine rings is 1. The van der Waals surface area contributed by atoms with Gasteiger partial charge in [0.1, 0.15) is 11.4 Å². The molecule has 1 saturated carbocycles. The summed E-state index contributed by atoms with van der Waals surface area (Å²) in [5.74, 6) is 1.58. The molecule has 4 rings (SSSR count). The summed E-state index contributed by atoms with van der Waals surface area (Å²) in [6.07, 6.45) is 2.03. The number of aromatic nitrogens is 2. The molecule has 1 saturated heterocycles. The van der Waals surface area contributed by atoms with Crippen molar-refractivity contribution >= 4 is 17.1 Å². The van der Waals surface area contributed by atoms with Gasteiger partial charge in [-0.05, 0) is 64.7 Å². The van der Waals surface area contributed by atoms with Gasteiger partial charge >= 0.3 is 6.09 Å². The van der Waals surface area contributed by atoms with E-state index in [4.69, 9.17) is 9.72 Å². The smallest absolute Gasteiger partial charge is 0.410 e. The zero-order chi connectivity index (χ0) is 19.3. The van der Waals surface area contributed by atoms with Crippen molar-refractivity contribution in [3.63, 3.8) is 0 Å². The molecule has 1 aromatic heterocycles. The van der Waals surface area contributed by atoms with Crippen molar-refractivity contribution < 1.29 is 14.6 Å². The monoisotopic (exact) mass is 371 g/mol. The first kappa shape index (κ1) is 18.3. The SMILES string of the molecule is Cc1ccc2c(c1)nc(C1CC1)n2[C@H]1CCN(C(=O)OC(C)(C)C)C[C@@H]1O. The highest BCUT2D eigenvalue weighted by molar-refractivity contribution is 5.77. The molecule has 1 aliphatic carbocycles. The Morgan fingerprint density at radius 1 is 1.26 bits per heavy atom. The minimum absolute atomic E-state index is 0.0630. The van der Waals surface area contributed by atoms with Crippen LogP contribution in [0.2, 0.25) is 0 Å². The number of rotatable bonds is 2. The third-order valence-corrected chi connectivity index (χ3v) is 5.34. The van der Waals surface area contributed by atoms with E-state index in [-0.39, 0.29) is 18.7 Å². The number of hydrogen-bond acceptors (Lipinski definition) is 4. The maximum Gasteiger partial charge on any atom is 0.410 e. The molecule has 6 nitrogen and oxygen atoms in total. The lowest BCUT2D eigenvalue weighted by atomic mass is 10.0. The molecule has 1 aliphatic heterocycles. The molecule has 146 valence electrons. The van der Waals surface area contributed by atoms with Crippen LogP contribution < -0.4 is 0 Å². The van der Waals surface area contributed by atoms with Crippen LogP contribution >= 0.6 is 0 Å². The largest absolute Gasteiger partial charge is 0.444 e. The summed E-state index contributed by atoms with van der Waals surface area (Å²) >= 11 is 0. The average molecular weight is 371 g/mol. The van der Waals surface area contributed by atoms with Crippen molar-refractivity contribution in [2.75, 3.05) is 13.1 Å². The van der Waals surface area contributed by atoms with Gasteiger partial charge < -0.3 is 19.3 Å². The molecule has 1 amide bonds. The van der Waals surface area contributed by atoms with Gasteiger partial charge in [-0.1, -0.05) is 6.07 Å². The molecule has 0 bridgehead atoms. The van der Waals surface area contributed by atoms with Crippen LogP contribution in [0.4, 0.5) is 4.79 Å². The number of hydrogen-bond donors (Lipinski definition) is 1. The van der Waals surface area contributed by atoms with Gasteiger partial charge in [0.2, 0.25) is 0 Å². The van der Waals surface area contributed by atoms with Crippen LogP contribution in [-0.4, -0.2) is 50.4 Å². The summed E-state index contributed by atoms with van der Waals surface area (Å²) in [6.45, 7) is 8.51. The van der Waals surface area contributed by atoms with Crippen LogP contribution in [0.1, 0.15) is 63.4 Å². The first-order valence-corrected chi connectivity index (χ1v) is 9.87. The molecular weight excluding hydrogens is 342 g/mol. The Hall–Kier alpha value is -2.08. The second-order valence-electron chi connectivity index (χ2n) is 8.96. The Morgan fingerprint density at radius 3 is 2.63 bits per heavy atom. The lowest BCUT2D eigenvalue weighted by molar-refractivity contribution is -0.00977. The standard InChI is InChI=1S/C21H29N3O3/c1-13-5-8-16-15(11-13)22-19(14-6-7-14)24(16)17-9-10-23(12-18(17)25)20(26)27-21(2,3)4/h5,8,11,14,17-18,25H,6-7,9-10,12H2,1-4H3/t17-,18-/m0/s1. The number of ether oxygens (including phenoxy) is 1. The van der Waals surface area contributed by atoms with Crippen LogP contribution in [0.25, 0.3) is 11.0 Å². The van der Waals surface area contributed by atoms with E-state index in [1.807, 2.05) is 20.8 Å². The third-order valence-electron chi connectivity index (χ3n) is 5.34. The van der Waals surface area contributed by atoms with Crippen LogP contribution in [-0.2, 0) is 4.74 Å². The van der Waals surface area contributed by atoms with Gasteiger partial charge in [0.15, 0.2) is 0 Å². The zero-order valence-corrected chi connectivity index (χ0v) is 16.6. The van der Waals surface area contributed by atoms with Crippen LogP contribution in [0.15, 0.2) is 18.2 Å². The van der Waals surface area contributed by atoms with Gasteiger partial charge in [-0.3, -0.25) is 0 Å². The normalized spacial score (nSPS) is 23.7. The Bertz CT molecular complexity index is 863. The van der Waals surface area contributed by atoms with Crippen molar-refractivity contribution in [3.8, 4) is 0 Å². The fraction of sp³-hybridized carbons (Fsp3) is 0.619. The highest BCUT2D eigenvalue weighted by Crippen LogP contribution is 2.43. The van der Waals surface area contributed by atoms with E-state index in [0.717, 1.165) is 29.7 Å². The van der Waals surface area contributed by atoms with Crippen LogP contribution in [0.3, 0.4) is 0 Å². The minimum atomic E-state index is -0.637. The molecule has 27 heavy (non-hydrogen) atoms. The predicted molar refractivity (Wildman–Crippen MR) is 104 cm³/mol. The molecule has 2 aromatic rings. The van der Waals surface area contributed by atoms with E-state index < -0.39 is 11.7 Å². The van der Waals surface area contributed by atoms with E-state index in [1.165, 1.54) is 5.56 Å². The fourth-order valence-corrected chi connectivity index (χ4v) is 3.92. The molecule has 2 aliphatic rings. The number of likely N-dealkylation sites (tertiary alicyclic amines) is 1. The molecule has 0 spiro atoms. The second kappa shape index (κ2) is 6.51. The maximum atomic E-state index is 12.4. The molecule has 1 aromatic carbocycles. The number of β-amino-alcohol motifs (C(OH)–C–C–N with tert-alkyl or cyclic N) is 1. The summed E-state index contributed by atoms with van der Waals surface area (Å²) in [5.41, 5.74) is 2.74. The van der Waals surface area contributed by atoms with Gasteiger partial charge in [-0.15, -0.1) is 0 Å². The lowest BCUT2D eigenvalue weighted by Gasteiger charge is -2.38. The summed E-state index contributed by atoms with van der Waals surface area (Å²) < 4.78 is 7.70. The number of nitrogens with zero attached hydrogens (tertiary/aromatic N) is 3. The number of carbonyl (C=O) groups is 1. The predicted octanol–water partition coefficient (Wildman–Crippen LogP) is 3.76. The van der Waals surface area contributed by atoms with Crippen LogP contribution in [0, 0.1) is 6.92 Å². The molecule has 6 heteroatoms. The van der Waals surface area contributed by atoms with E-state index in [0.29, 0.717) is 18.9 Å². The van der Waals surface area contributed by atoms with Gasteiger partial charge in [-0.2, -0.15) is 0 Å². The number of aliphatic hydroxyl groups is 1. The summed E-state index contributed by atoms with van der Waals surface area (Å²) in [7, 11) is 0. The number of amides is 1. The third kappa shape index (κ3) is 3.68. The molecule has 2 atom stereocenters. The van der Waals surface area contributed by atoms with E-state index in [1.54, 1.807) is 4.90 Å². The fourth-order valence-electron chi connectivity index (χ4n) is 3.92. The van der Waals surface area contributed by atoms with Crippen molar-refractivity contribution in [2.24, 2.45) is 0 Å². The Balaban J connectivity index is 1.60. The molecule has 0 radical (unpaired) electrons. The van der Waals surface area contributed by atoms with Crippen molar-refractivity contribution in [1.82, 2.24) is 14.5 Å².